The number of methoxy groups -OCH3 is 2. The van der Waals surface area contributed by atoms with E-state index in [0.717, 1.165) is 0 Å². The highest BCUT2D eigenvalue weighted by Gasteiger charge is 2.27. The molecule has 1 amide bonds. The first kappa shape index (κ1) is 29.2. The Kier molecular flexibility index (Phi) is 8.64. The summed E-state index contributed by atoms with van der Waals surface area (Å²) in [6, 6.07) is 14.6. The topological polar surface area (TPSA) is 119 Å². The highest BCUT2D eigenvalue weighted by molar-refractivity contribution is 5.95. The lowest BCUT2D eigenvalue weighted by Gasteiger charge is -2.27. The fourth-order valence-electron chi connectivity index (χ4n) is 3.79. The van der Waals surface area contributed by atoms with Crippen LogP contribution in [0.5, 0.6) is 17.2 Å². The van der Waals surface area contributed by atoms with Gasteiger partial charge in [-0.2, -0.15) is 0 Å². The van der Waals surface area contributed by atoms with E-state index in [1.54, 1.807) is 48.5 Å². The number of hydrogen-bond donors (Lipinski definition) is 2. The van der Waals surface area contributed by atoms with Crippen LogP contribution in [0.15, 0.2) is 64.8 Å². The Morgan fingerprint density at radius 2 is 1.33 bits per heavy atom. The third-order valence-corrected chi connectivity index (χ3v) is 5.98. The second-order valence-electron chi connectivity index (χ2n) is 11.0. The minimum atomic E-state index is -0.608. The number of ether oxygens (including phenoxy) is 2. The summed E-state index contributed by atoms with van der Waals surface area (Å²) in [6.07, 6.45) is 0. The fourth-order valence-corrected chi connectivity index (χ4v) is 3.79. The van der Waals surface area contributed by atoms with E-state index in [9.17, 15) is 14.7 Å². The number of phenols is 1. The van der Waals surface area contributed by atoms with E-state index in [-0.39, 0.29) is 22.1 Å². The molecule has 0 aliphatic carbocycles. The molecule has 2 N–H and O–H groups in total. The monoisotopic (exact) mass is 533 g/mol. The van der Waals surface area contributed by atoms with Gasteiger partial charge in [0.15, 0.2) is 11.5 Å². The van der Waals surface area contributed by atoms with Crippen LogP contribution in [0.1, 0.15) is 73.4 Å². The molecule has 0 atom stereocenters. The van der Waals surface area contributed by atoms with E-state index >= 15 is 0 Å². The van der Waals surface area contributed by atoms with Crippen molar-refractivity contribution in [1.29, 1.82) is 0 Å². The van der Waals surface area contributed by atoms with Crippen LogP contribution in [0, 0.1) is 0 Å². The fraction of sp³-hybridized carbons (Fsp3) is 0.333. The average molecular weight is 534 g/mol. The molecule has 0 heterocycles. The van der Waals surface area contributed by atoms with Crippen LogP contribution in [0.2, 0.25) is 0 Å². The van der Waals surface area contributed by atoms with Crippen LogP contribution in [0.25, 0.3) is 0 Å². The van der Waals surface area contributed by atoms with Crippen molar-refractivity contribution in [2.24, 2.45) is 10.2 Å². The third kappa shape index (κ3) is 7.13. The molecule has 0 aromatic heterocycles. The van der Waals surface area contributed by atoms with Gasteiger partial charge in [0.05, 0.1) is 31.2 Å². The van der Waals surface area contributed by atoms with Crippen molar-refractivity contribution in [3.05, 3.63) is 76.9 Å². The third-order valence-electron chi connectivity index (χ3n) is 5.98. The molecule has 3 aromatic carbocycles. The molecule has 0 spiro atoms. The molecule has 0 saturated heterocycles. The zero-order valence-corrected chi connectivity index (χ0v) is 23.6. The van der Waals surface area contributed by atoms with Crippen LogP contribution in [0.3, 0.4) is 0 Å². The average Bonchev–Trinajstić information content (AvgIpc) is 2.89. The minimum absolute atomic E-state index is 0.193. The first-order valence-corrected chi connectivity index (χ1v) is 12.4. The lowest BCUT2D eigenvalue weighted by Crippen LogP contribution is -2.18. The molecule has 0 fully saturated rings. The summed E-state index contributed by atoms with van der Waals surface area (Å²) in [5.74, 6) is -0.0216. The van der Waals surface area contributed by atoms with Gasteiger partial charge in [-0.1, -0.05) is 41.5 Å². The number of benzene rings is 3. The molecular weight excluding hydrogens is 498 g/mol. The van der Waals surface area contributed by atoms with E-state index < -0.39 is 11.9 Å². The molecule has 9 heteroatoms. The summed E-state index contributed by atoms with van der Waals surface area (Å²) in [7, 11) is 2.99. The molecule has 0 aliphatic rings. The maximum atomic E-state index is 12.9. The predicted octanol–water partition coefficient (Wildman–Crippen LogP) is 7.11. The normalized spacial score (nSPS) is 11.8. The van der Waals surface area contributed by atoms with E-state index in [1.807, 2.05) is 41.5 Å². The molecule has 0 radical (unpaired) electrons. The lowest BCUT2D eigenvalue weighted by atomic mass is 9.78. The first-order chi connectivity index (χ1) is 18.2. The van der Waals surface area contributed by atoms with Gasteiger partial charge in [-0.05, 0) is 65.4 Å². The SMILES string of the molecule is COc1ccc(C(=O)ONc2ccc(N=NC(=O)c3cc(C(C)(C)C)c(O)c(C(C)(C)C)c3)cc2)cc1OC. The maximum absolute atomic E-state index is 12.9. The van der Waals surface area contributed by atoms with Crippen LogP contribution in [0.4, 0.5) is 11.4 Å². The van der Waals surface area contributed by atoms with Gasteiger partial charge in [-0.25, -0.2) is 10.3 Å². The summed E-state index contributed by atoms with van der Waals surface area (Å²) in [5, 5.41) is 18.8. The minimum Gasteiger partial charge on any atom is -0.507 e. The molecule has 0 unspecified atom stereocenters. The number of carbonyl (C=O) groups excluding carboxylic acids is 2. The van der Waals surface area contributed by atoms with Crippen LogP contribution in [-0.4, -0.2) is 31.2 Å². The molecule has 0 aliphatic heterocycles. The van der Waals surface area contributed by atoms with Gasteiger partial charge in [-0.15, -0.1) is 10.2 Å². The van der Waals surface area contributed by atoms with Crippen LogP contribution >= 0.6 is 0 Å². The van der Waals surface area contributed by atoms with Crippen molar-refractivity contribution in [2.45, 2.75) is 52.4 Å². The summed E-state index contributed by atoms with van der Waals surface area (Å²) >= 11 is 0. The highest BCUT2D eigenvalue weighted by atomic mass is 16.7. The first-order valence-electron chi connectivity index (χ1n) is 12.4. The van der Waals surface area contributed by atoms with Gasteiger partial charge in [-0.3, -0.25) is 4.79 Å². The second-order valence-corrected chi connectivity index (χ2v) is 11.0. The van der Waals surface area contributed by atoms with E-state index in [1.165, 1.54) is 20.3 Å². The molecule has 206 valence electrons. The lowest BCUT2D eigenvalue weighted by molar-refractivity contribution is 0.0595. The Morgan fingerprint density at radius 3 is 1.85 bits per heavy atom. The van der Waals surface area contributed by atoms with Crippen LogP contribution in [-0.2, 0) is 15.7 Å². The predicted molar refractivity (Wildman–Crippen MR) is 149 cm³/mol. The van der Waals surface area contributed by atoms with E-state index in [2.05, 4.69) is 15.7 Å². The Hall–Kier alpha value is -4.40. The van der Waals surface area contributed by atoms with Gasteiger partial charge in [0.1, 0.15) is 5.75 Å². The zero-order valence-electron chi connectivity index (χ0n) is 23.6. The van der Waals surface area contributed by atoms with Crippen LogP contribution < -0.4 is 15.0 Å². The summed E-state index contributed by atoms with van der Waals surface area (Å²) in [5.41, 5.74) is 4.76. The molecule has 0 bridgehead atoms. The van der Waals surface area contributed by atoms with Crippen molar-refractivity contribution in [2.75, 3.05) is 19.7 Å². The standard InChI is InChI=1S/C30H35N3O6/c1-29(2,3)22-15-19(16-23(26(22)34)30(4,5)6)27(35)32-31-20-10-12-21(13-11-20)33-39-28(36)18-9-14-24(37-7)25(17-18)38-8/h9-17,33-34H,1-8H3. The molecular formula is C30H35N3O6. The number of azo groups is 1. The number of nitrogens with one attached hydrogen (secondary N) is 1. The number of carbonyl (C=O) groups is 2. The van der Waals surface area contributed by atoms with Crippen molar-refractivity contribution < 1.29 is 29.0 Å². The Bertz CT molecular complexity index is 1350. The molecule has 9 nitrogen and oxygen atoms in total. The Balaban J connectivity index is 1.71. The highest BCUT2D eigenvalue weighted by Crippen LogP contribution is 2.40. The smallest absolute Gasteiger partial charge is 0.362 e. The molecule has 39 heavy (non-hydrogen) atoms. The largest absolute Gasteiger partial charge is 0.507 e. The summed E-state index contributed by atoms with van der Waals surface area (Å²) < 4.78 is 10.4. The Morgan fingerprint density at radius 1 is 0.769 bits per heavy atom. The van der Waals surface area contributed by atoms with Gasteiger partial charge in [0.25, 0.3) is 5.91 Å². The maximum Gasteiger partial charge on any atom is 0.362 e. The number of phenolic OH excluding ortho intramolecular Hbond substituents is 1. The Labute approximate surface area is 228 Å². The van der Waals surface area contributed by atoms with Gasteiger partial charge >= 0.3 is 5.97 Å². The van der Waals surface area contributed by atoms with E-state index in [4.69, 9.17) is 14.3 Å². The van der Waals surface area contributed by atoms with Crippen molar-refractivity contribution in [3.8, 4) is 17.2 Å². The van der Waals surface area contributed by atoms with E-state index in [0.29, 0.717) is 39.6 Å². The van der Waals surface area contributed by atoms with Gasteiger partial charge in [0.2, 0.25) is 0 Å². The molecule has 3 rings (SSSR count). The van der Waals surface area contributed by atoms with Gasteiger partial charge in [0, 0.05) is 16.7 Å². The summed E-state index contributed by atoms with van der Waals surface area (Å²) in [4.78, 5) is 30.5. The quantitative estimate of drug-likeness (QED) is 0.245. The van der Waals surface area contributed by atoms with Crippen molar-refractivity contribution in [1.82, 2.24) is 0 Å². The number of rotatable bonds is 7. The number of amides is 1. The molecule has 0 saturated carbocycles. The molecule has 3 aromatic rings. The number of aromatic hydroxyl groups is 1. The number of hydrogen-bond acceptors (Lipinski definition) is 8. The number of anilines is 1. The number of nitrogens with zero attached hydrogens (tertiary/aromatic N) is 2. The van der Waals surface area contributed by atoms with Crippen molar-refractivity contribution >= 4 is 23.3 Å². The van der Waals surface area contributed by atoms with Crippen molar-refractivity contribution in [3.63, 3.8) is 0 Å². The van der Waals surface area contributed by atoms with Gasteiger partial charge < -0.3 is 19.4 Å². The zero-order chi connectivity index (χ0) is 29.0. The summed E-state index contributed by atoms with van der Waals surface area (Å²) in [6.45, 7) is 11.9. The second kappa shape index (κ2) is 11.6.